The lowest BCUT2D eigenvalue weighted by molar-refractivity contribution is 0.310. The molecule has 6 rings (SSSR count). The Kier molecular flexibility index (Phi) is 4.61. The Hall–Kier alpha value is -3.79. The first kappa shape index (κ1) is 19.9. The van der Waals surface area contributed by atoms with Crippen LogP contribution in [0.15, 0.2) is 52.1 Å². The van der Waals surface area contributed by atoms with Gasteiger partial charge in [-0.05, 0) is 29.4 Å². The first-order chi connectivity index (χ1) is 16.1. The number of aromatic nitrogens is 6. The number of nitrogens with one attached hydrogen (secondary N) is 1. The molecule has 0 unspecified atom stereocenters. The standard InChI is InChI=1S/C23H23N7O3/c1-29-19-21(27-23(29)24-7-8-31)25-12-30(22(19)32)11-17-26-20(28-33-17)18-15-9-14(10-16(15)18)13-5-3-2-4-6-13/h2-6,9,12,15-16,18,31H,7-8,10-11H2,1H3,(H,24,27)/t15-,16+,18+/m1/s1. The van der Waals surface area contributed by atoms with Crippen LogP contribution in [0.3, 0.4) is 0 Å². The van der Waals surface area contributed by atoms with Gasteiger partial charge in [0, 0.05) is 19.5 Å². The van der Waals surface area contributed by atoms with Crippen molar-refractivity contribution in [1.82, 2.24) is 29.2 Å². The molecule has 33 heavy (non-hydrogen) atoms. The van der Waals surface area contributed by atoms with Crippen LogP contribution in [0, 0.1) is 11.8 Å². The van der Waals surface area contributed by atoms with Gasteiger partial charge in [-0.15, -0.1) is 0 Å². The van der Waals surface area contributed by atoms with Gasteiger partial charge in [-0.3, -0.25) is 9.36 Å². The maximum atomic E-state index is 13.0. The number of anilines is 1. The molecule has 3 aromatic heterocycles. The van der Waals surface area contributed by atoms with E-state index in [4.69, 9.17) is 9.63 Å². The molecule has 1 fully saturated rings. The van der Waals surface area contributed by atoms with Gasteiger partial charge in [0.1, 0.15) is 12.9 Å². The quantitative estimate of drug-likeness (QED) is 0.441. The third-order valence-corrected chi connectivity index (χ3v) is 6.57. The van der Waals surface area contributed by atoms with Crippen molar-refractivity contribution in [2.45, 2.75) is 18.9 Å². The average Bonchev–Trinajstić information content (AvgIpc) is 3.22. The molecule has 10 nitrogen and oxygen atoms in total. The van der Waals surface area contributed by atoms with E-state index in [-0.39, 0.29) is 24.6 Å². The predicted molar refractivity (Wildman–Crippen MR) is 121 cm³/mol. The van der Waals surface area contributed by atoms with Crippen LogP contribution < -0.4 is 10.9 Å². The van der Waals surface area contributed by atoms with Gasteiger partial charge >= 0.3 is 0 Å². The summed E-state index contributed by atoms with van der Waals surface area (Å²) in [6.45, 7) is 0.445. The molecule has 1 aromatic carbocycles. The van der Waals surface area contributed by atoms with Crippen LogP contribution in [0.4, 0.5) is 5.95 Å². The first-order valence-electron chi connectivity index (χ1n) is 11.0. The Bertz CT molecular complexity index is 1420. The number of aryl methyl sites for hydroxylation is 1. The van der Waals surface area contributed by atoms with E-state index >= 15 is 0 Å². The van der Waals surface area contributed by atoms with Gasteiger partial charge in [-0.2, -0.15) is 9.97 Å². The van der Waals surface area contributed by atoms with Gasteiger partial charge < -0.3 is 19.5 Å². The SMILES string of the molecule is Cn1c(NCCO)nc2ncn(Cc3nc([C@H]4[C@@H]5C=C(c6ccccc6)C[C@@H]54)no3)c(=O)c21. The van der Waals surface area contributed by atoms with Crippen LogP contribution in [0.1, 0.15) is 29.6 Å². The van der Waals surface area contributed by atoms with E-state index in [0.717, 1.165) is 6.42 Å². The fourth-order valence-electron chi connectivity index (χ4n) is 4.85. The molecule has 10 heteroatoms. The Labute approximate surface area is 188 Å². The molecule has 2 aliphatic carbocycles. The van der Waals surface area contributed by atoms with Gasteiger partial charge in [0.15, 0.2) is 17.0 Å². The molecule has 0 spiro atoms. The van der Waals surface area contributed by atoms with Gasteiger partial charge in [0.05, 0.1) is 6.61 Å². The number of fused-ring (bicyclic) bond motifs is 2. The number of allylic oxidation sites excluding steroid dienone is 2. The molecule has 0 aliphatic heterocycles. The molecule has 168 valence electrons. The Morgan fingerprint density at radius 3 is 2.85 bits per heavy atom. The molecular weight excluding hydrogens is 422 g/mol. The summed E-state index contributed by atoms with van der Waals surface area (Å²) < 4.78 is 8.55. The molecule has 3 heterocycles. The number of rotatable bonds is 7. The minimum Gasteiger partial charge on any atom is -0.395 e. The second kappa shape index (κ2) is 7.66. The maximum absolute atomic E-state index is 13.0. The Morgan fingerprint density at radius 1 is 1.24 bits per heavy atom. The molecule has 0 radical (unpaired) electrons. The summed E-state index contributed by atoms with van der Waals surface area (Å²) in [4.78, 5) is 26.2. The minimum atomic E-state index is -0.245. The van der Waals surface area contributed by atoms with Crippen LogP contribution >= 0.6 is 0 Å². The summed E-state index contributed by atoms with van der Waals surface area (Å²) in [5, 5.41) is 16.2. The predicted octanol–water partition coefficient (Wildman–Crippen LogP) is 1.78. The summed E-state index contributed by atoms with van der Waals surface area (Å²) in [5.41, 5.74) is 3.14. The van der Waals surface area contributed by atoms with Crippen molar-refractivity contribution >= 4 is 22.7 Å². The van der Waals surface area contributed by atoms with Crippen molar-refractivity contribution in [3.63, 3.8) is 0 Å². The van der Waals surface area contributed by atoms with E-state index in [9.17, 15) is 4.79 Å². The number of hydrogen-bond acceptors (Lipinski definition) is 8. The van der Waals surface area contributed by atoms with Crippen molar-refractivity contribution in [2.24, 2.45) is 18.9 Å². The first-order valence-corrected chi connectivity index (χ1v) is 11.0. The fraction of sp³-hybridized carbons (Fsp3) is 0.348. The lowest BCUT2D eigenvalue weighted by Crippen LogP contribution is -2.23. The smallest absolute Gasteiger partial charge is 0.280 e. The van der Waals surface area contributed by atoms with E-state index in [1.807, 2.05) is 6.07 Å². The number of aliphatic hydroxyl groups is 1. The topological polar surface area (TPSA) is 124 Å². The van der Waals surface area contributed by atoms with Crippen molar-refractivity contribution < 1.29 is 9.63 Å². The number of aliphatic hydroxyl groups excluding tert-OH is 1. The second-order valence-corrected chi connectivity index (χ2v) is 8.57. The molecular formula is C23H23N7O3. The number of hydrogen-bond donors (Lipinski definition) is 2. The molecule has 0 amide bonds. The highest BCUT2D eigenvalue weighted by atomic mass is 16.5. The van der Waals surface area contributed by atoms with E-state index in [1.165, 1.54) is 22.0 Å². The van der Waals surface area contributed by atoms with Crippen molar-refractivity contribution in [1.29, 1.82) is 0 Å². The average molecular weight is 445 g/mol. The van der Waals surface area contributed by atoms with Crippen molar-refractivity contribution in [2.75, 3.05) is 18.5 Å². The molecule has 1 saturated carbocycles. The van der Waals surface area contributed by atoms with Crippen molar-refractivity contribution in [3.05, 3.63) is 70.4 Å². The van der Waals surface area contributed by atoms with Crippen LogP contribution in [0.5, 0.6) is 0 Å². The van der Waals surface area contributed by atoms with Crippen LogP contribution in [0.2, 0.25) is 0 Å². The highest BCUT2D eigenvalue weighted by molar-refractivity contribution is 5.73. The summed E-state index contributed by atoms with van der Waals surface area (Å²) in [7, 11) is 1.73. The fourth-order valence-corrected chi connectivity index (χ4v) is 4.85. The highest BCUT2D eigenvalue weighted by Gasteiger charge is 2.55. The van der Waals surface area contributed by atoms with Crippen LogP contribution in [-0.4, -0.2) is 47.5 Å². The second-order valence-electron chi connectivity index (χ2n) is 8.57. The maximum Gasteiger partial charge on any atom is 0.280 e. The zero-order valence-corrected chi connectivity index (χ0v) is 18.0. The Morgan fingerprint density at radius 2 is 2.09 bits per heavy atom. The van der Waals surface area contributed by atoms with E-state index in [2.05, 4.69) is 55.8 Å². The molecule has 0 bridgehead atoms. The number of benzene rings is 1. The summed E-state index contributed by atoms with van der Waals surface area (Å²) in [6, 6.07) is 10.5. The van der Waals surface area contributed by atoms with E-state index < -0.39 is 0 Å². The van der Waals surface area contributed by atoms with E-state index in [0.29, 0.717) is 47.2 Å². The molecule has 3 atom stereocenters. The monoisotopic (exact) mass is 445 g/mol. The van der Waals surface area contributed by atoms with Gasteiger partial charge in [0.25, 0.3) is 5.56 Å². The summed E-state index contributed by atoms with van der Waals surface area (Å²) in [5.74, 6) is 2.82. The summed E-state index contributed by atoms with van der Waals surface area (Å²) in [6.07, 6.45) is 4.81. The third kappa shape index (κ3) is 3.34. The normalized spacial score (nSPS) is 21.3. The van der Waals surface area contributed by atoms with E-state index in [1.54, 1.807) is 11.6 Å². The van der Waals surface area contributed by atoms with Crippen molar-refractivity contribution in [3.8, 4) is 0 Å². The van der Waals surface area contributed by atoms with Crippen LogP contribution in [0.25, 0.3) is 16.7 Å². The zero-order valence-electron chi connectivity index (χ0n) is 18.0. The molecule has 4 aromatic rings. The Balaban J connectivity index is 1.20. The lowest BCUT2D eigenvalue weighted by atomic mass is 10.0. The largest absolute Gasteiger partial charge is 0.395 e. The molecule has 0 saturated heterocycles. The van der Waals surface area contributed by atoms with Crippen LogP contribution in [-0.2, 0) is 13.6 Å². The van der Waals surface area contributed by atoms with Gasteiger partial charge in [-0.1, -0.05) is 41.6 Å². The number of imidazole rings is 1. The van der Waals surface area contributed by atoms with Gasteiger partial charge in [0.2, 0.25) is 11.8 Å². The highest BCUT2D eigenvalue weighted by Crippen LogP contribution is 2.62. The van der Waals surface area contributed by atoms with Gasteiger partial charge in [-0.25, -0.2) is 4.98 Å². The third-order valence-electron chi connectivity index (χ3n) is 6.57. The lowest BCUT2D eigenvalue weighted by Gasteiger charge is -2.05. The zero-order chi connectivity index (χ0) is 22.5. The minimum absolute atomic E-state index is 0.0353. The molecule has 2 N–H and O–H groups in total. The molecule has 2 aliphatic rings. The summed E-state index contributed by atoms with van der Waals surface area (Å²) >= 11 is 0. The number of nitrogens with zero attached hydrogens (tertiary/aromatic N) is 6.